The van der Waals surface area contributed by atoms with Crippen LogP contribution >= 0.6 is 0 Å². The summed E-state index contributed by atoms with van der Waals surface area (Å²) < 4.78 is 40.9. The number of halogens is 2. The van der Waals surface area contributed by atoms with Crippen molar-refractivity contribution in [2.45, 2.75) is 19.9 Å². The van der Waals surface area contributed by atoms with Gasteiger partial charge in [-0.2, -0.15) is 5.10 Å². The molecule has 0 aliphatic heterocycles. The first-order chi connectivity index (χ1) is 16.7. The fourth-order valence-corrected chi connectivity index (χ4v) is 3.30. The molecule has 0 saturated carbocycles. The van der Waals surface area contributed by atoms with Crippen molar-refractivity contribution >= 4 is 6.09 Å². The standard InChI is InChI=1S/C25H28F2N4O4/c1-5-28-25(33)35-19-8-6-7-17(13-19)16(2)31-23(32)10-9-22(29-31)18-14-20(26)24(21(27)15-18)34-12-11-30(3)4/h6-10,13-16H,5,11-12H2,1-4H3,(H,28,33). The van der Waals surface area contributed by atoms with E-state index in [1.165, 1.54) is 16.8 Å². The third-order valence-electron chi connectivity index (χ3n) is 5.14. The number of ether oxygens (including phenoxy) is 2. The second kappa shape index (κ2) is 11.6. The third kappa shape index (κ3) is 6.63. The van der Waals surface area contributed by atoms with E-state index in [-0.39, 0.29) is 17.9 Å². The minimum absolute atomic E-state index is 0.129. The first-order valence-electron chi connectivity index (χ1n) is 11.1. The summed E-state index contributed by atoms with van der Waals surface area (Å²) in [5.74, 6) is -1.87. The van der Waals surface area contributed by atoms with Gasteiger partial charge in [0.2, 0.25) is 0 Å². The van der Waals surface area contributed by atoms with E-state index in [2.05, 4.69) is 10.4 Å². The Kier molecular flexibility index (Phi) is 8.53. The van der Waals surface area contributed by atoms with E-state index >= 15 is 0 Å². The zero-order valence-corrected chi connectivity index (χ0v) is 20.0. The number of amides is 1. The molecule has 35 heavy (non-hydrogen) atoms. The van der Waals surface area contributed by atoms with E-state index in [9.17, 15) is 18.4 Å². The van der Waals surface area contributed by atoms with Crippen LogP contribution in [0.4, 0.5) is 13.6 Å². The van der Waals surface area contributed by atoms with E-state index in [1.807, 2.05) is 19.0 Å². The molecule has 1 heterocycles. The van der Waals surface area contributed by atoms with Crippen LogP contribution in [0, 0.1) is 11.6 Å². The molecule has 10 heteroatoms. The second-order valence-electron chi connectivity index (χ2n) is 8.09. The maximum absolute atomic E-state index is 14.6. The Balaban J connectivity index is 1.88. The van der Waals surface area contributed by atoms with Crippen molar-refractivity contribution in [1.82, 2.24) is 20.0 Å². The van der Waals surface area contributed by atoms with Crippen molar-refractivity contribution in [1.29, 1.82) is 0 Å². The molecule has 1 unspecified atom stereocenters. The van der Waals surface area contributed by atoms with E-state index < -0.39 is 35.1 Å². The molecule has 3 aromatic rings. The Morgan fingerprint density at radius 2 is 1.86 bits per heavy atom. The van der Waals surface area contributed by atoms with Gasteiger partial charge in [-0.1, -0.05) is 12.1 Å². The van der Waals surface area contributed by atoms with E-state index in [0.29, 0.717) is 24.4 Å². The number of carbonyl (C=O) groups excluding carboxylic acids is 1. The van der Waals surface area contributed by atoms with Gasteiger partial charge < -0.3 is 19.7 Å². The summed E-state index contributed by atoms with van der Waals surface area (Å²) in [5.41, 5.74) is 0.625. The van der Waals surface area contributed by atoms with E-state index in [1.54, 1.807) is 38.1 Å². The van der Waals surface area contributed by atoms with Crippen LogP contribution in [-0.2, 0) is 0 Å². The number of carbonyl (C=O) groups is 1. The second-order valence-corrected chi connectivity index (χ2v) is 8.09. The third-order valence-corrected chi connectivity index (χ3v) is 5.14. The molecule has 0 saturated heterocycles. The Labute approximate surface area is 202 Å². The molecule has 1 N–H and O–H groups in total. The quantitative estimate of drug-likeness (QED) is 0.495. The number of rotatable bonds is 9. The summed E-state index contributed by atoms with van der Waals surface area (Å²) in [6.07, 6.45) is -0.590. The fourth-order valence-electron chi connectivity index (χ4n) is 3.30. The van der Waals surface area contributed by atoms with Crippen LogP contribution in [-0.4, -0.2) is 54.6 Å². The van der Waals surface area contributed by atoms with E-state index in [0.717, 1.165) is 12.1 Å². The molecule has 0 aliphatic carbocycles. The predicted octanol–water partition coefficient (Wildman–Crippen LogP) is 3.85. The van der Waals surface area contributed by atoms with E-state index in [4.69, 9.17) is 9.47 Å². The number of aromatic nitrogens is 2. The molecule has 1 atom stereocenters. The van der Waals surface area contributed by atoms with Gasteiger partial charge in [0.05, 0.1) is 11.7 Å². The summed E-state index contributed by atoms with van der Waals surface area (Å²) in [5, 5.41) is 6.88. The molecule has 3 rings (SSSR count). The first kappa shape index (κ1) is 25.8. The SMILES string of the molecule is CCNC(=O)Oc1cccc(C(C)n2nc(-c3cc(F)c(OCCN(C)C)c(F)c3)ccc2=O)c1. The Morgan fingerprint density at radius 1 is 1.14 bits per heavy atom. The van der Waals surface area contributed by atoms with Gasteiger partial charge in [0.15, 0.2) is 17.4 Å². The van der Waals surface area contributed by atoms with Gasteiger partial charge in [0.25, 0.3) is 5.56 Å². The normalized spacial score (nSPS) is 11.9. The van der Waals surface area contributed by atoms with Gasteiger partial charge in [-0.15, -0.1) is 0 Å². The molecular formula is C25H28F2N4O4. The average Bonchev–Trinajstić information content (AvgIpc) is 2.80. The Morgan fingerprint density at radius 3 is 2.51 bits per heavy atom. The average molecular weight is 487 g/mol. The van der Waals surface area contributed by atoms with Gasteiger partial charge in [-0.25, -0.2) is 18.3 Å². The van der Waals surface area contributed by atoms with Gasteiger partial charge in [-0.3, -0.25) is 4.79 Å². The Bertz CT molecular complexity index is 1220. The molecule has 0 fully saturated rings. The van der Waals surface area contributed by atoms with Crippen LogP contribution in [0.1, 0.15) is 25.5 Å². The molecule has 1 amide bonds. The minimum atomic E-state index is -0.860. The van der Waals surface area contributed by atoms with Gasteiger partial charge in [0, 0.05) is 24.7 Å². The highest BCUT2D eigenvalue weighted by molar-refractivity contribution is 5.70. The van der Waals surface area contributed by atoms with Crippen LogP contribution in [0.5, 0.6) is 11.5 Å². The smallest absolute Gasteiger partial charge is 0.412 e. The molecule has 2 aromatic carbocycles. The lowest BCUT2D eigenvalue weighted by Crippen LogP contribution is -2.27. The molecular weight excluding hydrogens is 458 g/mol. The zero-order chi connectivity index (χ0) is 25.5. The Hall–Kier alpha value is -3.79. The number of hydrogen-bond donors (Lipinski definition) is 1. The zero-order valence-electron chi connectivity index (χ0n) is 20.0. The lowest BCUT2D eigenvalue weighted by atomic mass is 10.1. The molecule has 0 spiro atoms. The van der Waals surface area contributed by atoms with Crippen molar-refractivity contribution in [3.05, 3.63) is 76.1 Å². The topological polar surface area (TPSA) is 85.7 Å². The van der Waals surface area contributed by atoms with Gasteiger partial charge in [0.1, 0.15) is 12.4 Å². The monoisotopic (exact) mass is 486 g/mol. The largest absolute Gasteiger partial charge is 0.486 e. The summed E-state index contributed by atoms with van der Waals surface area (Å²) >= 11 is 0. The maximum Gasteiger partial charge on any atom is 0.412 e. The highest BCUT2D eigenvalue weighted by Crippen LogP contribution is 2.28. The molecule has 0 radical (unpaired) electrons. The molecule has 8 nitrogen and oxygen atoms in total. The molecule has 1 aromatic heterocycles. The number of benzene rings is 2. The van der Waals surface area contributed by atoms with Crippen molar-refractivity contribution in [2.75, 3.05) is 33.8 Å². The van der Waals surface area contributed by atoms with Crippen LogP contribution < -0.4 is 20.3 Å². The maximum atomic E-state index is 14.6. The number of hydrogen-bond acceptors (Lipinski definition) is 6. The lowest BCUT2D eigenvalue weighted by molar-refractivity contribution is 0.201. The van der Waals surface area contributed by atoms with Crippen LogP contribution in [0.2, 0.25) is 0 Å². The highest BCUT2D eigenvalue weighted by atomic mass is 19.1. The summed E-state index contributed by atoms with van der Waals surface area (Å²) in [7, 11) is 3.65. The summed E-state index contributed by atoms with van der Waals surface area (Å²) in [6, 6.07) is 11.1. The fraction of sp³-hybridized carbons (Fsp3) is 0.320. The molecule has 186 valence electrons. The van der Waals surface area contributed by atoms with Crippen molar-refractivity contribution in [3.63, 3.8) is 0 Å². The summed E-state index contributed by atoms with van der Waals surface area (Å²) in [6.45, 7) is 4.57. The van der Waals surface area contributed by atoms with Crippen LogP contribution in [0.25, 0.3) is 11.3 Å². The predicted molar refractivity (Wildman–Crippen MR) is 128 cm³/mol. The van der Waals surface area contributed by atoms with Gasteiger partial charge >= 0.3 is 6.09 Å². The number of nitrogens with zero attached hydrogens (tertiary/aromatic N) is 3. The van der Waals surface area contributed by atoms with Gasteiger partial charge in [-0.05, 0) is 63.8 Å². The van der Waals surface area contributed by atoms with Crippen molar-refractivity contribution in [3.8, 4) is 22.8 Å². The van der Waals surface area contributed by atoms with Crippen LogP contribution in [0.3, 0.4) is 0 Å². The number of likely N-dealkylation sites (N-methyl/N-ethyl adjacent to an activating group) is 1. The minimum Gasteiger partial charge on any atom is -0.486 e. The highest BCUT2D eigenvalue weighted by Gasteiger charge is 2.17. The molecule has 0 bridgehead atoms. The molecule has 0 aliphatic rings. The lowest BCUT2D eigenvalue weighted by Gasteiger charge is -2.17. The number of nitrogens with one attached hydrogen (secondary N) is 1. The summed E-state index contributed by atoms with van der Waals surface area (Å²) in [4.78, 5) is 26.1. The van der Waals surface area contributed by atoms with Crippen LogP contribution in [0.15, 0.2) is 53.3 Å². The van der Waals surface area contributed by atoms with Crippen molar-refractivity contribution in [2.24, 2.45) is 0 Å². The first-order valence-corrected chi connectivity index (χ1v) is 11.1. The van der Waals surface area contributed by atoms with Crippen molar-refractivity contribution < 1.29 is 23.0 Å².